The normalized spacial score (nSPS) is 12.0. The zero-order chi connectivity index (χ0) is 30.2. The summed E-state index contributed by atoms with van der Waals surface area (Å²) in [6.45, 7) is 5.57. The summed E-state index contributed by atoms with van der Waals surface area (Å²) in [6.07, 6.45) is 0.287. The van der Waals surface area contributed by atoms with Gasteiger partial charge in [-0.1, -0.05) is 47.8 Å². The lowest BCUT2D eigenvalue weighted by Crippen LogP contribution is -2.52. The van der Waals surface area contributed by atoms with Gasteiger partial charge in [-0.25, -0.2) is 8.42 Å². The van der Waals surface area contributed by atoms with Gasteiger partial charge in [0.1, 0.15) is 18.3 Å². The first kappa shape index (κ1) is 32.5. The number of hydrogen-bond donors (Lipinski definition) is 1. The Bertz CT molecular complexity index is 1450. The standard InChI is InChI=1S/C29H32Cl3N3O5S/c1-4-27(29(37)33-5-2)34(18-20-7-8-22(31)17-26(20)32)28(36)19-35(23-11-13-24(14-12-23)40-6-3)41(38,39)25-15-9-21(30)10-16-25/h7-17,27H,4-6,18-19H2,1-3H3,(H,33,37). The Balaban J connectivity index is 2.08. The number of rotatable bonds is 13. The van der Waals surface area contributed by atoms with Crippen LogP contribution in [0.3, 0.4) is 0 Å². The lowest BCUT2D eigenvalue weighted by Gasteiger charge is -2.33. The number of likely N-dealkylation sites (N-methyl/N-ethyl adjacent to an activating group) is 1. The number of ether oxygens (including phenoxy) is 1. The largest absolute Gasteiger partial charge is 0.494 e. The van der Waals surface area contributed by atoms with Crippen LogP contribution in [0.5, 0.6) is 5.75 Å². The summed E-state index contributed by atoms with van der Waals surface area (Å²) in [7, 11) is -4.23. The minimum atomic E-state index is -4.23. The first-order valence-corrected chi connectivity index (χ1v) is 15.6. The number of amides is 2. The minimum absolute atomic E-state index is 0.0391. The Morgan fingerprint density at radius 3 is 2.10 bits per heavy atom. The van der Waals surface area contributed by atoms with Crippen molar-refractivity contribution < 1.29 is 22.7 Å². The molecule has 1 atom stereocenters. The summed E-state index contributed by atoms with van der Waals surface area (Å²) in [5.74, 6) is -0.408. The highest BCUT2D eigenvalue weighted by atomic mass is 35.5. The van der Waals surface area contributed by atoms with Crippen LogP contribution >= 0.6 is 34.8 Å². The summed E-state index contributed by atoms with van der Waals surface area (Å²) in [4.78, 5) is 28.4. The van der Waals surface area contributed by atoms with E-state index in [1.165, 1.54) is 29.2 Å². The van der Waals surface area contributed by atoms with Gasteiger partial charge < -0.3 is 15.0 Å². The third-order valence-corrected chi connectivity index (χ3v) is 8.84. The number of sulfonamides is 1. The van der Waals surface area contributed by atoms with Gasteiger partial charge in [-0.2, -0.15) is 0 Å². The van der Waals surface area contributed by atoms with Gasteiger partial charge in [-0.05, 0) is 86.5 Å². The summed E-state index contributed by atoms with van der Waals surface area (Å²) in [5, 5.41) is 3.87. The van der Waals surface area contributed by atoms with Crippen molar-refractivity contribution >= 4 is 62.3 Å². The second-order valence-corrected chi connectivity index (χ2v) is 12.1. The quantitative estimate of drug-likeness (QED) is 0.241. The molecule has 0 radical (unpaired) electrons. The number of hydrogen-bond acceptors (Lipinski definition) is 5. The number of carbonyl (C=O) groups excluding carboxylic acids is 2. The predicted molar refractivity (Wildman–Crippen MR) is 163 cm³/mol. The van der Waals surface area contributed by atoms with Gasteiger partial charge in [-0.3, -0.25) is 13.9 Å². The average Bonchev–Trinajstić information content (AvgIpc) is 2.93. The van der Waals surface area contributed by atoms with Gasteiger partial charge in [0.25, 0.3) is 10.0 Å². The Kier molecular flexibility index (Phi) is 11.7. The third kappa shape index (κ3) is 8.29. The van der Waals surface area contributed by atoms with E-state index in [0.29, 0.717) is 39.5 Å². The minimum Gasteiger partial charge on any atom is -0.494 e. The van der Waals surface area contributed by atoms with Gasteiger partial charge in [0.15, 0.2) is 0 Å². The maximum Gasteiger partial charge on any atom is 0.264 e. The number of halogens is 3. The molecule has 41 heavy (non-hydrogen) atoms. The molecule has 3 rings (SSSR count). The van der Waals surface area contributed by atoms with Gasteiger partial charge in [0.2, 0.25) is 11.8 Å². The van der Waals surface area contributed by atoms with E-state index in [-0.39, 0.29) is 29.5 Å². The number of carbonyl (C=O) groups is 2. The molecule has 0 heterocycles. The molecule has 0 fully saturated rings. The van der Waals surface area contributed by atoms with E-state index in [2.05, 4.69) is 5.32 Å². The molecule has 0 aliphatic rings. The lowest BCUT2D eigenvalue weighted by atomic mass is 10.1. The number of benzene rings is 3. The zero-order valence-electron chi connectivity index (χ0n) is 22.9. The molecule has 0 aliphatic heterocycles. The third-order valence-electron chi connectivity index (χ3n) is 6.21. The highest BCUT2D eigenvalue weighted by Gasteiger charge is 2.34. The molecule has 220 valence electrons. The highest BCUT2D eigenvalue weighted by Crippen LogP contribution is 2.28. The van der Waals surface area contributed by atoms with Gasteiger partial charge in [0.05, 0.1) is 17.2 Å². The lowest BCUT2D eigenvalue weighted by molar-refractivity contribution is -0.140. The van der Waals surface area contributed by atoms with Crippen LogP contribution in [0.15, 0.2) is 71.6 Å². The molecule has 0 spiro atoms. The van der Waals surface area contributed by atoms with Crippen molar-refractivity contribution in [2.45, 2.75) is 44.7 Å². The Labute approximate surface area is 256 Å². The monoisotopic (exact) mass is 639 g/mol. The number of nitrogens with one attached hydrogen (secondary N) is 1. The van der Waals surface area contributed by atoms with Crippen LogP contribution in [0.1, 0.15) is 32.8 Å². The van der Waals surface area contributed by atoms with E-state index in [1.54, 1.807) is 56.3 Å². The maximum absolute atomic E-state index is 14.0. The second kappa shape index (κ2) is 14.8. The van der Waals surface area contributed by atoms with Crippen LogP contribution in [0.2, 0.25) is 15.1 Å². The van der Waals surface area contributed by atoms with Crippen LogP contribution in [-0.2, 0) is 26.2 Å². The zero-order valence-corrected chi connectivity index (χ0v) is 26.0. The predicted octanol–water partition coefficient (Wildman–Crippen LogP) is 6.18. The van der Waals surface area contributed by atoms with E-state index >= 15 is 0 Å². The molecular weight excluding hydrogens is 609 g/mol. The smallest absolute Gasteiger partial charge is 0.264 e. The molecule has 0 bridgehead atoms. The summed E-state index contributed by atoms with van der Waals surface area (Å²) < 4.78 is 34.3. The van der Waals surface area contributed by atoms with Crippen molar-refractivity contribution in [3.8, 4) is 5.75 Å². The molecule has 3 aromatic carbocycles. The van der Waals surface area contributed by atoms with Gasteiger partial charge in [0, 0.05) is 28.2 Å². The summed E-state index contributed by atoms with van der Waals surface area (Å²) >= 11 is 18.5. The molecule has 1 unspecified atom stereocenters. The highest BCUT2D eigenvalue weighted by molar-refractivity contribution is 7.92. The van der Waals surface area contributed by atoms with E-state index in [9.17, 15) is 18.0 Å². The number of anilines is 1. The Hall–Kier alpha value is -2.98. The first-order chi connectivity index (χ1) is 19.5. The molecule has 2 amide bonds. The molecule has 0 aromatic heterocycles. The molecule has 0 saturated heterocycles. The van der Waals surface area contributed by atoms with E-state index in [1.807, 2.05) is 6.92 Å². The van der Waals surface area contributed by atoms with Crippen LogP contribution in [0, 0.1) is 0 Å². The van der Waals surface area contributed by atoms with Crippen LogP contribution in [0.25, 0.3) is 0 Å². The van der Waals surface area contributed by atoms with Crippen molar-refractivity contribution in [1.29, 1.82) is 0 Å². The van der Waals surface area contributed by atoms with Crippen LogP contribution in [-0.4, -0.2) is 50.9 Å². The van der Waals surface area contributed by atoms with Crippen molar-refractivity contribution in [1.82, 2.24) is 10.2 Å². The molecule has 0 aliphatic carbocycles. The van der Waals surface area contributed by atoms with Crippen LogP contribution < -0.4 is 14.4 Å². The van der Waals surface area contributed by atoms with Gasteiger partial charge in [-0.15, -0.1) is 0 Å². The van der Waals surface area contributed by atoms with Crippen LogP contribution in [0.4, 0.5) is 5.69 Å². The average molecular weight is 641 g/mol. The second-order valence-electron chi connectivity index (χ2n) is 8.97. The topological polar surface area (TPSA) is 96.0 Å². The van der Waals surface area contributed by atoms with E-state index < -0.39 is 28.5 Å². The Morgan fingerprint density at radius 2 is 1.54 bits per heavy atom. The fourth-order valence-electron chi connectivity index (χ4n) is 4.18. The van der Waals surface area contributed by atoms with E-state index in [4.69, 9.17) is 39.5 Å². The summed E-state index contributed by atoms with van der Waals surface area (Å²) in [5.41, 5.74) is 0.799. The fourth-order valence-corrected chi connectivity index (χ4v) is 6.19. The van der Waals surface area contributed by atoms with Gasteiger partial charge >= 0.3 is 0 Å². The molecular formula is C29H32Cl3N3O5S. The van der Waals surface area contributed by atoms with Crippen molar-refractivity contribution in [2.75, 3.05) is 24.0 Å². The fraction of sp³-hybridized carbons (Fsp3) is 0.310. The molecule has 1 N–H and O–H groups in total. The number of nitrogens with zero attached hydrogens (tertiary/aromatic N) is 2. The molecule has 0 saturated carbocycles. The van der Waals surface area contributed by atoms with Crippen molar-refractivity contribution in [3.63, 3.8) is 0 Å². The SMILES string of the molecule is CCNC(=O)C(CC)N(Cc1ccc(Cl)cc1Cl)C(=O)CN(c1ccc(OCC)cc1)S(=O)(=O)c1ccc(Cl)cc1. The van der Waals surface area contributed by atoms with Crippen molar-refractivity contribution in [2.24, 2.45) is 0 Å². The molecule has 12 heteroatoms. The van der Waals surface area contributed by atoms with E-state index in [0.717, 1.165) is 4.31 Å². The van der Waals surface area contributed by atoms with Crippen molar-refractivity contribution in [3.05, 3.63) is 87.4 Å². The first-order valence-electron chi connectivity index (χ1n) is 13.0. The Morgan fingerprint density at radius 1 is 0.902 bits per heavy atom. The molecule has 8 nitrogen and oxygen atoms in total. The molecule has 3 aromatic rings. The maximum atomic E-state index is 14.0. The summed E-state index contributed by atoms with van der Waals surface area (Å²) in [6, 6.07) is 16.0.